The maximum Gasteiger partial charge on any atom is 0.307 e. The molecule has 2 N–H and O–H groups in total. The number of nitrogens with zero attached hydrogens (tertiary/aromatic N) is 1. The summed E-state index contributed by atoms with van der Waals surface area (Å²) in [7, 11) is 5.61. The lowest BCUT2D eigenvalue weighted by atomic mass is 10.1. The van der Waals surface area contributed by atoms with E-state index in [9.17, 15) is 24.6 Å². The molecule has 0 fully saturated rings. The van der Waals surface area contributed by atoms with E-state index in [1.54, 1.807) is 0 Å². The molecule has 0 radical (unpaired) electrons. The topological polar surface area (TPSA) is 124 Å². The third-order valence-corrected chi connectivity index (χ3v) is 3.23. The molecule has 0 amide bonds. The fourth-order valence-corrected chi connectivity index (χ4v) is 2.23. The van der Waals surface area contributed by atoms with E-state index >= 15 is 0 Å². The number of aliphatic hydroxyl groups excluding tert-OH is 1. The number of carboxylic acids is 2. The van der Waals surface area contributed by atoms with Crippen LogP contribution in [0, 0.1) is 0 Å². The number of hydrogen-bond acceptors (Lipinski definition) is 6. The number of quaternary nitrogens is 1. The van der Waals surface area contributed by atoms with Crippen molar-refractivity contribution in [3.05, 3.63) is 12.2 Å². The molecule has 0 spiro atoms. The van der Waals surface area contributed by atoms with Crippen LogP contribution in [0.3, 0.4) is 0 Å². The summed E-state index contributed by atoms with van der Waals surface area (Å²) in [6, 6.07) is 0. The third-order valence-electron chi connectivity index (χ3n) is 3.23. The van der Waals surface area contributed by atoms with Crippen LogP contribution in [0.2, 0.25) is 0 Å². The maximum atomic E-state index is 11.8. The Morgan fingerprint density at radius 1 is 1.20 bits per heavy atom. The molecule has 0 aromatic rings. The Kier molecular flexibility index (Phi) is 10.7. The van der Waals surface area contributed by atoms with Crippen molar-refractivity contribution in [2.24, 2.45) is 0 Å². The van der Waals surface area contributed by atoms with Gasteiger partial charge >= 0.3 is 11.9 Å². The van der Waals surface area contributed by atoms with Crippen LogP contribution in [-0.4, -0.2) is 72.5 Å². The summed E-state index contributed by atoms with van der Waals surface area (Å²) in [5, 5.41) is 28.9. The average molecular weight is 359 g/mol. The standard InChI is InChI=1S/C17H29NO7/c1-18(2,3)12-14(11-16(22)23)25-17(24)10-5-4-7-13(19)8-6-9-15(20)21/h6,8,13-14,19H,4-5,7,9-12H2,1-3H3,(H-,20,21,22,23)/b8-6+. The van der Waals surface area contributed by atoms with E-state index in [4.69, 9.17) is 9.84 Å². The Morgan fingerprint density at radius 3 is 2.36 bits per heavy atom. The number of aliphatic hydroxyl groups is 1. The minimum absolute atomic E-state index is 0.131. The highest BCUT2D eigenvalue weighted by Gasteiger charge is 2.22. The number of ether oxygens (including phenoxy) is 1. The number of rotatable bonds is 13. The predicted molar refractivity (Wildman–Crippen MR) is 88.3 cm³/mol. The summed E-state index contributed by atoms with van der Waals surface area (Å²) in [6.45, 7) is 0.368. The maximum absolute atomic E-state index is 11.8. The second-order valence-corrected chi connectivity index (χ2v) is 7.00. The van der Waals surface area contributed by atoms with Crippen LogP contribution in [0.25, 0.3) is 0 Å². The van der Waals surface area contributed by atoms with Crippen LogP contribution in [0.4, 0.5) is 0 Å². The zero-order valence-electron chi connectivity index (χ0n) is 15.1. The number of hydrogen-bond donors (Lipinski definition) is 2. The molecule has 0 saturated heterocycles. The van der Waals surface area contributed by atoms with Crippen molar-refractivity contribution < 1.29 is 38.9 Å². The van der Waals surface area contributed by atoms with E-state index in [1.165, 1.54) is 12.2 Å². The molecule has 0 aromatic carbocycles. The first-order valence-electron chi connectivity index (χ1n) is 8.26. The number of aliphatic carboxylic acids is 2. The molecule has 2 unspecified atom stereocenters. The van der Waals surface area contributed by atoms with Gasteiger partial charge in [-0.25, -0.2) is 0 Å². The number of carbonyl (C=O) groups is 3. The van der Waals surface area contributed by atoms with Crippen molar-refractivity contribution in [2.75, 3.05) is 27.7 Å². The Hall–Kier alpha value is -1.93. The zero-order valence-corrected chi connectivity index (χ0v) is 15.1. The van der Waals surface area contributed by atoms with Gasteiger partial charge in [0.2, 0.25) is 0 Å². The molecule has 0 aromatic heterocycles. The number of esters is 1. The SMILES string of the molecule is C[N+](C)(C)CC(CC(=O)[O-])OC(=O)CCCCC(O)/C=C/CC(=O)O. The lowest BCUT2D eigenvalue weighted by molar-refractivity contribution is -0.873. The van der Waals surface area contributed by atoms with Gasteiger partial charge in [-0.1, -0.05) is 12.2 Å². The first-order valence-corrected chi connectivity index (χ1v) is 8.26. The molecule has 0 aliphatic rings. The van der Waals surface area contributed by atoms with Crippen molar-refractivity contribution in [3.63, 3.8) is 0 Å². The van der Waals surface area contributed by atoms with Crippen LogP contribution in [-0.2, 0) is 19.1 Å². The molecule has 0 bridgehead atoms. The first-order chi connectivity index (χ1) is 11.5. The highest BCUT2D eigenvalue weighted by Crippen LogP contribution is 2.10. The van der Waals surface area contributed by atoms with E-state index in [1.807, 2.05) is 21.1 Å². The average Bonchev–Trinajstić information content (AvgIpc) is 2.40. The molecule has 144 valence electrons. The molecule has 2 atom stereocenters. The fraction of sp³-hybridized carbons (Fsp3) is 0.706. The fourth-order valence-electron chi connectivity index (χ4n) is 2.23. The van der Waals surface area contributed by atoms with Crippen LogP contribution >= 0.6 is 0 Å². The van der Waals surface area contributed by atoms with Crippen LogP contribution in [0.15, 0.2) is 12.2 Å². The van der Waals surface area contributed by atoms with Gasteiger partial charge in [0, 0.05) is 18.8 Å². The number of unbranched alkanes of at least 4 members (excludes halogenated alkanes) is 1. The monoisotopic (exact) mass is 359 g/mol. The lowest BCUT2D eigenvalue weighted by Crippen LogP contribution is -2.45. The predicted octanol–water partition coefficient (Wildman–Crippen LogP) is -0.303. The highest BCUT2D eigenvalue weighted by molar-refractivity contribution is 5.71. The normalized spacial score (nSPS) is 14.2. The quantitative estimate of drug-likeness (QED) is 0.200. The van der Waals surface area contributed by atoms with Crippen molar-refractivity contribution in [3.8, 4) is 0 Å². The summed E-state index contributed by atoms with van der Waals surface area (Å²) in [6.07, 6.45) is 2.43. The summed E-state index contributed by atoms with van der Waals surface area (Å²) in [5.41, 5.74) is 0. The molecule has 8 nitrogen and oxygen atoms in total. The number of carbonyl (C=O) groups excluding carboxylic acids is 2. The zero-order chi connectivity index (χ0) is 19.5. The lowest BCUT2D eigenvalue weighted by Gasteiger charge is -2.29. The van der Waals surface area contributed by atoms with Crippen molar-refractivity contribution in [1.29, 1.82) is 0 Å². The van der Waals surface area contributed by atoms with E-state index in [0.717, 1.165) is 0 Å². The molecule has 0 saturated carbocycles. The molecule has 25 heavy (non-hydrogen) atoms. The van der Waals surface area contributed by atoms with Gasteiger partial charge in [-0.05, 0) is 19.3 Å². The van der Waals surface area contributed by atoms with Gasteiger partial charge in [0.05, 0.1) is 33.7 Å². The van der Waals surface area contributed by atoms with Gasteiger partial charge in [-0.3, -0.25) is 9.59 Å². The first kappa shape index (κ1) is 23.1. The van der Waals surface area contributed by atoms with Gasteiger partial charge < -0.3 is 29.3 Å². The van der Waals surface area contributed by atoms with Gasteiger partial charge in [0.25, 0.3) is 0 Å². The Labute approximate surface area is 148 Å². The van der Waals surface area contributed by atoms with Gasteiger partial charge in [0.15, 0.2) is 6.10 Å². The summed E-state index contributed by atoms with van der Waals surface area (Å²) in [4.78, 5) is 32.9. The second kappa shape index (κ2) is 11.6. The van der Waals surface area contributed by atoms with E-state index < -0.39 is 30.1 Å². The van der Waals surface area contributed by atoms with Crippen molar-refractivity contribution >= 4 is 17.9 Å². The molecular weight excluding hydrogens is 330 g/mol. The summed E-state index contributed by atoms with van der Waals surface area (Å²) in [5.74, 6) is -2.70. The van der Waals surface area contributed by atoms with Crippen LogP contribution < -0.4 is 5.11 Å². The number of carboxylic acid groups (broad SMARTS) is 2. The van der Waals surface area contributed by atoms with E-state index in [2.05, 4.69) is 0 Å². The van der Waals surface area contributed by atoms with Crippen molar-refractivity contribution in [2.45, 2.75) is 50.7 Å². The van der Waals surface area contributed by atoms with Gasteiger partial charge in [0.1, 0.15) is 6.54 Å². The molecular formula is C17H29NO7. The third kappa shape index (κ3) is 15.3. The molecule has 0 aliphatic heterocycles. The van der Waals surface area contributed by atoms with Crippen LogP contribution in [0.5, 0.6) is 0 Å². The molecule has 0 aliphatic carbocycles. The van der Waals surface area contributed by atoms with Crippen molar-refractivity contribution in [1.82, 2.24) is 0 Å². The Bertz CT molecular complexity index is 468. The molecule has 8 heteroatoms. The second-order valence-electron chi connectivity index (χ2n) is 7.00. The largest absolute Gasteiger partial charge is 0.550 e. The highest BCUT2D eigenvalue weighted by atomic mass is 16.5. The van der Waals surface area contributed by atoms with Gasteiger partial charge in [-0.2, -0.15) is 0 Å². The summed E-state index contributed by atoms with van der Waals surface area (Å²) >= 11 is 0. The Balaban J connectivity index is 4.12. The molecule has 0 heterocycles. The Morgan fingerprint density at radius 2 is 1.84 bits per heavy atom. The van der Waals surface area contributed by atoms with E-state index in [0.29, 0.717) is 30.3 Å². The van der Waals surface area contributed by atoms with E-state index in [-0.39, 0.29) is 19.3 Å². The van der Waals surface area contributed by atoms with Crippen LogP contribution in [0.1, 0.15) is 38.5 Å². The minimum Gasteiger partial charge on any atom is -0.550 e. The smallest absolute Gasteiger partial charge is 0.307 e. The van der Waals surface area contributed by atoms with Gasteiger partial charge in [-0.15, -0.1) is 0 Å². The molecule has 0 rings (SSSR count). The minimum atomic E-state index is -1.26. The summed E-state index contributed by atoms with van der Waals surface area (Å²) < 4.78 is 5.68. The number of likely N-dealkylation sites (N-methyl/N-ethyl adjacent to an activating group) is 1.